The summed E-state index contributed by atoms with van der Waals surface area (Å²) in [7, 11) is -0.156. The molecule has 7 heteroatoms. The lowest BCUT2D eigenvalue weighted by atomic mass is 10.0. The highest BCUT2D eigenvalue weighted by atomic mass is 35.5. The number of rotatable bonds is 4. The molecule has 2 rings (SSSR count). The summed E-state index contributed by atoms with van der Waals surface area (Å²) < 4.78 is 26.8. The van der Waals surface area contributed by atoms with Gasteiger partial charge in [0.05, 0.1) is 0 Å². The maximum atomic E-state index is 12.0. The van der Waals surface area contributed by atoms with E-state index in [2.05, 4.69) is 4.98 Å². The van der Waals surface area contributed by atoms with Crippen molar-refractivity contribution in [1.29, 1.82) is 0 Å². The largest absolute Gasteiger partial charge is 0.281 e. The molecule has 1 atom stereocenters. The molecule has 2 heterocycles. The van der Waals surface area contributed by atoms with E-state index in [4.69, 9.17) is 11.6 Å². The van der Waals surface area contributed by atoms with Crippen LogP contribution in [0.4, 0.5) is 0 Å². The van der Waals surface area contributed by atoms with Crippen LogP contribution in [-0.2, 0) is 16.6 Å². The normalized spacial score (nSPS) is 21.2. The second kappa shape index (κ2) is 5.75. The lowest BCUT2D eigenvalue weighted by molar-refractivity contribution is 0.409. The molecule has 0 aliphatic carbocycles. The zero-order chi connectivity index (χ0) is 14.0. The number of hydrogen-bond donors (Lipinski definition) is 0. The number of halogens is 1. The van der Waals surface area contributed by atoms with E-state index in [0.29, 0.717) is 24.2 Å². The van der Waals surface area contributed by atoms with E-state index in [9.17, 15) is 8.42 Å². The standard InChI is InChI=1S/C12H18ClN3O2S/c1-15(2)19(17,18)16-6-5-11(9-16)7-10-3-4-12(13)14-8-10/h3-4,8,11H,5-7,9H2,1-2H3. The van der Waals surface area contributed by atoms with Crippen molar-refractivity contribution in [2.75, 3.05) is 27.2 Å². The number of hydrogen-bond acceptors (Lipinski definition) is 3. The van der Waals surface area contributed by atoms with Crippen molar-refractivity contribution in [2.24, 2.45) is 5.92 Å². The number of pyridine rings is 1. The molecule has 1 aliphatic heterocycles. The van der Waals surface area contributed by atoms with Crippen molar-refractivity contribution in [1.82, 2.24) is 13.6 Å². The van der Waals surface area contributed by atoms with E-state index in [-0.39, 0.29) is 0 Å². The second-order valence-electron chi connectivity index (χ2n) is 5.00. The predicted molar refractivity (Wildman–Crippen MR) is 75.2 cm³/mol. The van der Waals surface area contributed by atoms with Crippen molar-refractivity contribution < 1.29 is 8.42 Å². The summed E-state index contributed by atoms with van der Waals surface area (Å²) >= 11 is 5.74. The Balaban J connectivity index is 1.98. The van der Waals surface area contributed by atoms with E-state index in [1.165, 1.54) is 4.31 Å². The molecule has 1 fully saturated rings. The first-order valence-electron chi connectivity index (χ1n) is 6.17. The molecule has 19 heavy (non-hydrogen) atoms. The number of aromatic nitrogens is 1. The molecule has 1 saturated heterocycles. The SMILES string of the molecule is CN(C)S(=O)(=O)N1CCC(Cc2ccc(Cl)nc2)C1. The Kier molecular flexibility index (Phi) is 4.45. The van der Waals surface area contributed by atoms with Gasteiger partial charge < -0.3 is 0 Å². The number of nitrogens with zero attached hydrogens (tertiary/aromatic N) is 3. The van der Waals surface area contributed by atoms with Crippen LogP contribution in [-0.4, -0.2) is 49.2 Å². The smallest absolute Gasteiger partial charge is 0.244 e. The van der Waals surface area contributed by atoms with Gasteiger partial charge >= 0.3 is 0 Å². The first kappa shape index (κ1) is 14.7. The topological polar surface area (TPSA) is 53.5 Å². The van der Waals surface area contributed by atoms with E-state index in [0.717, 1.165) is 18.4 Å². The summed E-state index contributed by atoms with van der Waals surface area (Å²) in [4.78, 5) is 4.04. The molecule has 5 nitrogen and oxygen atoms in total. The third-order valence-electron chi connectivity index (χ3n) is 3.35. The van der Waals surface area contributed by atoms with Gasteiger partial charge in [-0.1, -0.05) is 17.7 Å². The Morgan fingerprint density at radius 3 is 2.79 bits per heavy atom. The quantitative estimate of drug-likeness (QED) is 0.790. The highest BCUT2D eigenvalue weighted by molar-refractivity contribution is 7.86. The van der Waals surface area contributed by atoms with Crippen LogP contribution >= 0.6 is 11.6 Å². The van der Waals surface area contributed by atoms with Crippen LogP contribution in [0.1, 0.15) is 12.0 Å². The average Bonchev–Trinajstić information content (AvgIpc) is 2.81. The first-order valence-corrected chi connectivity index (χ1v) is 7.95. The molecule has 0 saturated carbocycles. The molecule has 1 aromatic heterocycles. The van der Waals surface area contributed by atoms with Crippen molar-refractivity contribution in [3.05, 3.63) is 29.0 Å². The maximum absolute atomic E-state index is 12.0. The van der Waals surface area contributed by atoms with Gasteiger partial charge in [-0.2, -0.15) is 17.0 Å². The van der Waals surface area contributed by atoms with Gasteiger partial charge in [0.15, 0.2) is 0 Å². The molecule has 1 aromatic rings. The zero-order valence-electron chi connectivity index (χ0n) is 11.1. The van der Waals surface area contributed by atoms with Crippen molar-refractivity contribution in [2.45, 2.75) is 12.8 Å². The summed E-state index contributed by atoms with van der Waals surface area (Å²) in [5.41, 5.74) is 1.10. The summed E-state index contributed by atoms with van der Waals surface area (Å²) in [6.45, 7) is 1.16. The Morgan fingerprint density at radius 2 is 2.21 bits per heavy atom. The third-order valence-corrected chi connectivity index (χ3v) is 5.48. The van der Waals surface area contributed by atoms with Crippen LogP contribution < -0.4 is 0 Å². The molecule has 1 aliphatic rings. The first-order chi connectivity index (χ1) is 8.89. The Morgan fingerprint density at radius 1 is 1.47 bits per heavy atom. The van der Waals surface area contributed by atoms with Crippen molar-refractivity contribution >= 4 is 21.8 Å². The van der Waals surface area contributed by atoms with Crippen LogP contribution in [0.5, 0.6) is 0 Å². The molecular weight excluding hydrogens is 286 g/mol. The van der Waals surface area contributed by atoms with Crippen molar-refractivity contribution in [3.63, 3.8) is 0 Å². The lowest BCUT2D eigenvalue weighted by Gasteiger charge is -2.20. The minimum Gasteiger partial charge on any atom is -0.244 e. The van der Waals surface area contributed by atoms with Crippen molar-refractivity contribution in [3.8, 4) is 0 Å². The van der Waals surface area contributed by atoms with Gasteiger partial charge in [0.1, 0.15) is 5.15 Å². The van der Waals surface area contributed by atoms with E-state index in [1.807, 2.05) is 6.07 Å². The predicted octanol–water partition coefficient (Wildman–Crippen LogP) is 1.41. The fourth-order valence-electron chi connectivity index (χ4n) is 2.26. The molecule has 1 unspecified atom stereocenters. The Hall–Kier alpha value is -0.690. The summed E-state index contributed by atoms with van der Waals surface area (Å²) in [5.74, 6) is 0.345. The van der Waals surface area contributed by atoms with Gasteiger partial charge in [0, 0.05) is 33.4 Å². The van der Waals surface area contributed by atoms with Gasteiger partial charge in [-0.05, 0) is 30.4 Å². The van der Waals surface area contributed by atoms with Crippen LogP contribution in [0, 0.1) is 5.92 Å². The summed E-state index contributed by atoms with van der Waals surface area (Å²) in [6.07, 6.45) is 3.48. The molecule has 106 valence electrons. The molecule has 0 amide bonds. The summed E-state index contributed by atoms with van der Waals surface area (Å²) in [6, 6.07) is 3.71. The van der Waals surface area contributed by atoms with Gasteiger partial charge in [-0.15, -0.1) is 0 Å². The monoisotopic (exact) mass is 303 g/mol. The minimum atomic E-state index is -3.28. The zero-order valence-corrected chi connectivity index (χ0v) is 12.7. The van der Waals surface area contributed by atoms with Gasteiger partial charge in [0.25, 0.3) is 10.2 Å². The molecule has 0 aromatic carbocycles. The van der Waals surface area contributed by atoms with Gasteiger partial charge in [-0.25, -0.2) is 4.98 Å². The van der Waals surface area contributed by atoms with Crippen LogP contribution in [0.3, 0.4) is 0 Å². The van der Waals surface area contributed by atoms with E-state index in [1.54, 1.807) is 30.7 Å². The van der Waals surface area contributed by atoms with E-state index < -0.39 is 10.2 Å². The highest BCUT2D eigenvalue weighted by Crippen LogP contribution is 2.24. The Bertz CT molecular complexity index is 530. The van der Waals surface area contributed by atoms with Crippen LogP contribution in [0.2, 0.25) is 5.15 Å². The lowest BCUT2D eigenvalue weighted by Crippen LogP contribution is -2.38. The van der Waals surface area contributed by atoms with Crippen LogP contribution in [0.15, 0.2) is 18.3 Å². The third kappa shape index (κ3) is 3.45. The minimum absolute atomic E-state index is 0.345. The second-order valence-corrected chi connectivity index (χ2v) is 7.53. The van der Waals surface area contributed by atoms with Gasteiger partial charge in [-0.3, -0.25) is 0 Å². The Labute approximate surface area is 119 Å². The molecule has 0 bridgehead atoms. The molecule has 0 radical (unpaired) electrons. The molecular formula is C12H18ClN3O2S. The highest BCUT2D eigenvalue weighted by Gasteiger charge is 2.32. The molecule has 0 spiro atoms. The molecule has 0 N–H and O–H groups in total. The maximum Gasteiger partial charge on any atom is 0.281 e. The summed E-state index contributed by atoms with van der Waals surface area (Å²) in [5, 5.41) is 0.479. The van der Waals surface area contributed by atoms with E-state index >= 15 is 0 Å². The fourth-order valence-corrected chi connectivity index (χ4v) is 3.57. The average molecular weight is 304 g/mol. The van der Waals surface area contributed by atoms with Gasteiger partial charge in [0.2, 0.25) is 0 Å². The van der Waals surface area contributed by atoms with Crippen LogP contribution in [0.25, 0.3) is 0 Å². The fraction of sp³-hybridized carbons (Fsp3) is 0.583.